The second kappa shape index (κ2) is 8.54. The molecule has 0 radical (unpaired) electrons. The monoisotopic (exact) mass is 475 g/mol. The molecule has 3 aromatic rings. The summed E-state index contributed by atoms with van der Waals surface area (Å²) < 4.78 is 41.2. The van der Waals surface area contributed by atoms with Crippen molar-refractivity contribution in [2.24, 2.45) is 0 Å². The normalized spacial score (nSPS) is 17.8. The van der Waals surface area contributed by atoms with Gasteiger partial charge in [0.15, 0.2) is 11.6 Å². The van der Waals surface area contributed by atoms with Crippen LogP contribution in [0, 0.1) is 17.5 Å². The molecule has 1 N–H and O–H groups in total. The number of aromatic nitrogens is 1. The Morgan fingerprint density at radius 3 is 2.61 bits per heavy atom. The fraction of sp³-hybridized carbons (Fsp3) is 0.320. The number of hydrogen-bond acceptors (Lipinski definition) is 2. The van der Waals surface area contributed by atoms with Crippen LogP contribution in [-0.4, -0.2) is 42.0 Å². The number of halogens is 4. The molecule has 0 fully saturated rings. The zero-order valence-electron chi connectivity index (χ0n) is 18.4. The van der Waals surface area contributed by atoms with E-state index >= 15 is 0 Å². The minimum Gasteiger partial charge on any atom is -0.358 e. The smallest absolute Gasteiger partial charge is 0.237 e. The summed E-state index contributed by atoms with van der Waals surface area (Å²) in [6.45, 7) is 6.38. The number of amides is 1. The van der Waals surface area contributed by atoms with Crippen LogP contribution in [0.3, 0.4) is 0 Å². The van der Waals surface area contributed by atoms with Gasteiger partial charge >= 0.3 is 0 Å². The minimum absolute atomic E-state index is 0. The van der Waals surface area contributed by atoms with E-state index in [1.807, 2.05) is 13.8 Å². The molecule has 0 atom stereocenters. The van der Waals surface area contributed by atoms with Gasteiger partial charge in [-0.2, -0.15) is 0 Å². The number of anilines is 1. The Morgan fingerprint density at radius 1 is 1.09 bits per heavy atom. The first kappa shape index (κ1) is 23.4. The number of H-pyrrole nitrogens is 1. The molecule has 2 aliphatic rings. The molecule has 0 unspecified atom stereocenters. The number of nitrogens with one attached hydrogen (secondary N) is 1. The Hall–Kier alpha value is -2.77. The standard InChI is InChI=1S/C25H24F3N3O.ClH/c1-25(2)19-13-16(26)3-6-21(19)31(24(25)32)12-11-30-9-7-15(8-10-30)18-14-29-23-17(18)4-5-20(27)22(23)28;/h3-7,13-14,29H,8-12H2,1-2H3;1H. The summed E-state index contributed by atoms with van der Waals surface area (Å²) >= 11 is 0. The van der Waals surface area contributed by atoms with Crippen molar-refractivity contribution >= 4 is 40.5 Å². The average molecular weight is 476 g/mol. The number of hydrogen-bond donors (Lipinski definition) is 1. The van der Waals surface area contributed by atoms with E-state index in [9.17, 15) is 18.0 Å². The van der Waals surface area contributed by atoms with E-state index in [2.05, 4.69) is 16.0 Å². The highest BCUT2D eigenvalue weighted by molar-refractivity contribution is 6.07. The Bertz CT molecular complexity index is 1270. The Labute approximate surface area is 196 Å². The number of benzene rings is 2. The molecule has 4 nitrogen and oxygen atoms in total. The zero-order chi connectivity index (χ0) is 22.6. The molecule has 0 aliphatic carbocycles. The van der Waals surface area contributed by atoms with Gasteiger partial charge in [0, 0.05) is 49.0 Å². The lowest BCUT2D eigenvalue weighted by molar-refractivity contribution is -0.122. The third-order valence-corrected chi connectivity index (χ3v) is 6.73. The second-order valence-corrected chi connectivity index (χ2v) is 9.01. The van der Waals surface area contributed by atoms with Gasteiger partial charge in [0.05, 0.1) is 10.9 Å². The fourth-order valence-electron chi connectivity index (χ4n) is 4.83. The van der Waals surface area contributed by atoms with Crippen LogP contribution in [0.5, 0.6) is 0 Å². The third kappa shape index (κ3) is 3.83. The van der Waals surface area contributed by atoms with Gasteiger partial charge in [0.1, 0.15) is 5.82 Å². The Morgan fingerprint density at radius 2 is 1.88 bits per heavy atom. The van der Waals surface area contributed by atoms with Gasteiger partial charge in [-0.05, 0) is 61.7 Å². The Kier molecular flexibility index (Phi) is 6.05. The molecule has 2 aromatic carbocycles. The number of rotatable bonds is 4. The molecule has 0 spiro atoms. The van der Waals surface area contributed by atoms with Crippen LogP contribution in [0.4, 0.5) is 18.9 Å². The van der Waals surface area contributed by atoms with Crippen molar-refractivity contribution in [3.63, 3.8) is 0 Å². The third-order valence-electron chi connectivity index (χ3n) is 6.73. The maximum absolute atomic E-state index is 14.0. The van der Waals surface area contributed by atoms with Crippen LogP contribution in [0.2, 0.25) is 0 Å². The number of carbonyl (C=O) groups excluding carboxylic acids is 1. The second-order valence-electron chi connectivity index (χ2n) is 9.01. The summed E-state index contributed by atoms with van der Waals surface area (Å²) in [5, 5.41) is 0.678. The van der Waals surface area contributed by atoms with Crippen LogP contribution in [0.15, 0.2) is 42.6 Å². The van der Waals surface area contributed by atoms with E-state index in [-0.39, 0.29) is 29.6 Å². The average Bonchev–Trinajstić information content (AvgIpc) is 3.29. The van der Waals surface area contributed by atoms with Crippen molar-refractivity contribution in [1.29, 1.82) is 0 Å². The molecule has 174 valence electrons. The number of nitrogens with zero attached hydrogens (tertiary/aromatic N) is 2. The molecular formula is C25H25ClF3N3O. The van der Waals surface area contributed by atoms with Gasteiger partial charge < -0.3 is 9.88 Å². The highest BCUT2D eigenvalue weighted by Crippen LogP contribution is 2.41. The maximum atomic E-state index is 14.0. The predicted molar refractivity (Wildman–Crippen MR) is 126 cm³/mol. The van der Waals surface area contributed by atoms with Crippen molar-refractivity contribution in [3.05, 3.63) is 71.2 Å². The summed E-state index contributed by atoms with van der Waals surface area (Å²) in [5.74, 6) is -2.07. The van der Waals surface area contributed by atoms with Gasteiger partial charge in [-0.1, -0.05) is 6.08 Å². The first-order valence-electron chi connectivity index (χ1n) is 10.8. The maximum Gasteiger partial charge on any atom is 0.237 e. The van der Waals surface area contributed by atoms with E-state index in [0.717, 1.165) is 41.4 Å². The predicted octanol–water partition coefficient (Wildman–Crippen LogP) is 5.42. The zero-order valence-corrected chi connectivity index (χ0v) is 19.2. The van der Waals surface area contributed by atoms with E-state index < -0.39 is 17.0 Å². The van der Waals surface area contributed by atoms with Crippen molar-refractivity contribution in [2.45, 2.75) is 25.7 Å². The number of aromatic amines is 1. The van der Waals surface area contributed by atoms with E-state index in [1.165, 1.54) is 12.1 Å². The molecule has 1 amide bonds. The quantitative estimate of drug-likeness (QED) is 0.547. The number of carbonyl (C=O) groups is 1. The van der Waals surface area contributed by atoms with Crippen molar-refractivity contribution in [1.82, 2.24) is 9.88 Å². The van der Waals surface area contributed by atoms with Crippen LogP contribution in [0.1, 0.15) is 31.4 Å². The molecule has 33 heavy (non-hydrogen) atoms. The van der Waals surface area contributed by atoms with Crippen molar-refractivity contribution < 1.29 is 18.0 Å². The molecule has 0 saturated carbocycles. The summed E-state index contributed by atoms with van der Waals surface area (Å²) in [6.07, 6.45) is 4.61. The van der Waals surface area contributed by atoms with E-state index in [1.54, 1.807) is 23.2 Å². The molecule has 5 rings (SSSR count). The van der Waals surface area contributed by atoms with E-state index in [4.69, 9.17) is 0 Å². The topological polar surface area (TPSA) is 39.3 Å². The van der Waals surface area contributed by atoms with Gasteiger partial charge in [0.2, 0.25) is 5.91 Å². The van der Waals surface area contributed by atoms with Crippen molar-refractivity contribution in [2.75, 3.05) is 31.1 Å². The molecule has 0 saturated heterocycles. The first-order chi connectivity index (χ1) is 15.3. The molecular weight excluding hydrogens is 451 g/mol. The van der Waals surface area contributed by atoms with Crippen LogP contribution in [-0.2, 0) is 10.2 Å². The van der Waals surface area contributed by atoms with Crippen molar-refractivity contribution in [3.8, 4) is 0 Å². The summed E-state index contributed by atoms with van der Waals surface area (Å²) in [7, 11) is 0. The fourth-order valence-corrected chi connectivity index (χ4v) is 4.83. The van der Waals surface area contributed by atoms with Crippen LogP contribution >= 0.6 is 12.4 Å². The van der Waals surface area contributed by atoms with Gasteiger partial charge in [-0.15, -0.1) is 12.4 Å². The van der Waals surface area contributed by atoms with Crippen LogP contribution in [0.25, 0.3) is 16.5 Å². The lowest BCUT2D eigenvalue weighted by atomic mass is 9.86. The van der Waals surface area contributed by atoms with Gasteiger partial charge in [-0.3, -0.25) is 9.69 Å². The van der Waals surface area contributed by atoms with E-state index in [0.29, 0.717) is 25.0 Å². The van der Waals surface area contributed by atoms with Gasteiger partial charge in [0.25, 0.3) is 0 Å². The lowest BCUT2D eigenvalue weighted by Gasteiger charge is -2.29. The van der Waals surface area contributed by atoms with Crippen LogP contribution < -0.4 is 4.90 Å². The lowest BCUT2D eigenvalue weighted by Crippen LogP contribution is -2.42. The number of fused-ring (bicyclic) bond motifs is 2. The molecule has 0 bridgehead atoms. The highest BCUT2D eigenvalue weighted by Gasteiger charge is 2.43. The first-order valence-corrected chi connectivity index (χ1v) is 10.8. The molecule has 1 aromatic heterocycles. The Balaban J connectivity index is 0.00000259. The summed E-state index contributed by atoms with van der Waals surface area (Å²) in [5.41, 5.74) is 2.95. The SMILES string of the molecule is CC1(C)C(=O)N(CCN2CC=C(c3c[nH]c4c(F)c(F)ccc34)CC2)c2ccc(F)cc21.Cl. The molecule has 8 heteroatoms. The summed E-state index contributed by atoms with van der Waals surface area (Å²) in [4.78, 5) is 19.8. The summed E-state index contributed by atoms with van der Waals surface area (Å²) in [6, 6.07) is 7.30. The molecule has 2 aliphatic heterocycles. The molecule has 3 heterocycles. The highest BCUT2D eigenvalue weighted by atomic mass is 35.5. The van der Waals surface area contributed by atoms with Gasteiger partial charge in [-0.25, -0.2) is 13.2 Å². The largest absolute Gasteiger partial charge is 0.358 e. The minimum atomic E-state index is -0.862.